The summed E-state index contributed by atoms with van der Waals surface area (Å²) in [5, 5.41) is 0. The van der Waals surface area contributed by atoms with Crippen molar-refractivity contribution in [3.63, 3.8) is 0 Å². The Morgan fingerprint density at radius 1 is 1.46 bits per heavy atom. The molecular weight excluding hydrogens is 162 g/mol. The summed E-state index contributed by atoms with van der Waals surface area (Å²) in [7, 11) is 0. The first-order chi connectivity index (χ1) is 6.42. The van der Waals surface area contributed by atoms with Gasteiger partial charge in [0.1, 0.15) is 5.82 Å². The van der Waals surface area contributed by atoms with Gasteiger partial charge in [0.2, 0.25) is 0 Å². The highest BCUT2D eigenvalue weighted by Crippen LogP contribution is 2.28. The van der Waals surface area contributed by atoms with Gasteiger partial charge < -0.3 is 0 Å². The van der Waals surface area contributed by atoms with Crippen LogP contribution in [-0.2, 0) is 0 Å². The second-order valence-corrected chi connectivity index (χ2v) is 3.39. The van der Waals surface area contributed by atoms with E-state index in [1.165, 1.54) is 19.4 Å². The van der Waals surface area contributed by atoms with Crippen LogP contribution in [0.25, 0.3) is 0 Å². The molecule has 1 aliphatic rings. The molecule has 1 aliphatic heterocycles. The molecule has 13 heavy (non-hydrogen) atoms. The molecule has 0 bridgehead atoms. The van der Waals surface area contributed by atoms with Crippen molar-refractivity contribution < 1.29 is 0 Å². The topological polar surface area (TPSA) is 29.0 Å². The van der Waals surface area contributed by atoms with Gasteiger partial charge in [-0.1, -0.05) is 6.92 Å². The molecule has 0 spiro atoms. The highest BCUT2D eigenvalue weighted by atomic mass is 15.2. The van der Waals surface area contributed by atoms with E-state index in [0.29, 0.717) is 6.04 Å². The van der Waals surface area contributed by atoms with Gasteiger partial charge in [0.25, 0.3) is 0 Å². The molecule has 1 unspecified atom stereocenters. The summed E-state index contributed by atoms with van der Waals surface area (Å²) in [6.45, 7) is 4.49. The number of nitrogens with zero attached hydrogens (tertiary/aromatic N) is 3. The Labute approximate surface area is 78.8 Å². The largest absolute Gasteiger partial charge is 0.294 e. The van der Waals surface area contributed by atoms with Crippen LogP contribution >= 0.6 is 0 Å². The maximum atomic E-state index is 4.31. The first kappa shape index (κ1) is 8.63. The average molecular weight is 177 g/mol. The molecule has 1 atom stereocenters. The fourth-order valence-corrected chi connectivity index (χ4v) is 1.98. The van der Waals surface area contributed by atoms with Gasteiger partial charge in [0, 0.05) is 12.4 Å². The lowest BCUT2D eigenvalue weighted by Gasteiger charge is -2.20. The van der Waals surface area contributed by atoms with E-state index in [4.69, 9.17) is 0 Å². The van der Waals surface area contributed by atoms with Crippen molar-refractivity contribution in [2.45, 2.75) is 25.8 Å². The Morgan fingerprint density at radius 3 is 2.92 bits per heavy atom. The highest BCUT2D eigenvalue weighted by Gasteiger charge is 2.26. The Kier molecular flexibility index (Phi) is 2.54. The molecule has 0 saturated carbocycles. The normalized spacial score (nSPS) is 23.6. The Morgan fingerprint density at radius 2 is 2.23 bits per heavy atom. The Bertz CT molecular complexity index is 260. The van der Waals surface area contributed by atoms with Crippen LogP contribution in [0.3, 0.4) is 0 Å². The minimum atomic E-state index is 0.464. The van der Waals surface area contributed by atoms with E-state index < -0.39 is 0 Å². The molecule has 0 radical (unpaired) electrons. The standard InChI is InChI=1S/C10H15N3/c1-2-13-8-3-5-9(13)10-11-6-4-7-12-10/h4,6-7,9H,2-3,5,8H2,1H3. The Hall–Kier alpha value is -0.960. The van der Waals surface area contributed by atoms with Crippen molar-refractivity contribution in [3.05, 3.63) is 24.3 Å². The highest BCUT2D eigenvalue weighted by molar-refractivity contribution is 4.98. The monoisotopic (exact) mass is 177 g/mol. The molecule has 0 amide bonds. The maximum absolute atomic E-state index is 4.31. The van der Waals surface area contributed by atoms with Gasteiger partial charge in [-0.25, -0.2) is 9.97 Å². The SMILES string of the molecule is CCN1CCCC1c1ncccn1. The lowest BCUT2D eigenvalue weighted by molar-refractivity contribution is 0.262. The molecule has 0 aromatic carbocycles. The number of hydrogen-bond donors (Lipinski definition) is 0. The van der Waals surface area contributed by atoms with E-state index in [-0.39, 0.29) is 0 Å². The smallest absolute Gasteiger partial charge is 0.145 e. The first-order valence-corrected chi connectivity index (χ1v) is 4.92. The minimum Gasteiger partial charge on any atom is -0.294 e. The summed E-state index contributed by atoms with van der Waals surface area (Å²) >= 11 is 0. The molecule has 2 heterocycles. The van der Waals surface area contributed by atoms with Crippen molar-refractivity contribution in [1.29, 1.82) is 0 Å². The average Bonchev–Trinajstić information content (AvgIpc) is 2.67. The van der Waals surface area contributed by atoms with Crippen LogP contribution in [0.15, 0.2) is 18.5 Å². The van der Waals surface area contributed by atoms with Gasteiger partial charge >= 0.3 is 0 Å². The van der Waals surface area contributed by atoms with Crippen LogP contribution in [0.2, 0.25) is 0 Å². The molecule has 0 N–H and O–H groups in total. The summed E-state index contributed by atoms with van der Waals surface area (Å²) in [6.07, 6.45) is 6.14. The van der Waals surface area contributed by atoms with Crippen LogP contribution in [-0.4, -0.2) is 28.0 Å². The molecule has 3 nitrogen and oxygen atoms in total. The lowest BCUT2D eigenvalue weighted by atomic mass is 10.2. The predicted octanol–water partition coefficient (Wildman–Crippen LogP) is 1.63. The van der Waals surface area contributed by atoms with E-state index in [1.54, 1.807) is 0 Å². The molecule has 3 heteroatoms. The molecule has 2 rings (SSSR count). The molecule has 70 valence electrons. The fraction of sp³-hybridized carbons (Fsp3) is 0.600. The van der Waals surface area contributed by atoms with Crippen molar-refractivity contribution in [1.82, 2.24) is 14.9 Å². The zero-order valence-electron chi connectivity index (χ0n) is 7.98. The summed E-state index contributed by atoms with van der Waals surface area (Å²) in [6, 6.07) is 2.33. The van der Waals surface area contributed by atoms with Crippen LogP contribution < -0.4 is 0 Å². The fourth-order valence-electron chi connectivity index (χ4n) is 1.98. The van der Waals surface area contributed by atoms with Crippen molar-refractivity contribution in [2.24, 2.45) is 0 Å². The van der Waals surface area contributed by atoms with E-state index in [1.807, 2.05) is 18.5 Å². The van der Waals surface area contributed by atoms with E-state index in [9.17, 15) is 0 Å². The van der Waals surface area contributed by atoms with Gasteiger partial charge in [-0.3, -0.25) is 4.90 Å². The zero-order valence-corrected chi connectivity index (χ0v) is 7.98. The number of rotatable bonds is 2. The zero-order chi connectivity index (χ0) is 9.10. The second kappa shape index (κ2) is 3.83. The van der Waals surface area contributed by atoms with Gasteiger partial charge in [-0.05, 0) is 32.0 Å². The quantitative estimate of drug-likeness (QED) is 0.687. The summed E-state index contributed by atoms with van der Waals surface area (Å²) in [5.74, 6) is 0.988. The second-order valence-electron chi connectivity index (χ2n) is 3.39. The molecule has 1 saturated heterocycles. The van der Waals surface area contributed by atoms with E-state index in [0.717, 1.165) is 12.4 Å². The predicted molar refractivity (Wildman–Crippen MR) is 51.3 cm³/mol. The van der Waals surface area contributed by atoms with Crippen molar-refractivity contribution in [2.75, 3.05) is 13.1 Å². The third-order valence-corrected chi connectivity index (χ3v) is 2.65. The van der Waals surface area contributed by atoms with Gasteiger partial charge in [0.15, 0.2) is 0 Å². The molecule has 1 aromatic rings. The van der Waals surface area contributed by atoms with Crippen LogP contribution in [0.1, 0.15) is 31.6 Å². The van der Waals surface area contributed by atoms with E-state index in [2.05, 4.69) is 21.8 Å². The third kappa shape index (κ3) is 1.70. The molecule has 1 aromatic heterocycles. The Balaban J connectivity index is 2.16. The van der Waals surface area contributed by atoms with Gasteiger partial charge in [-0.2, -0.15) is 0 Å². The molecule has 1 fully saturated rings. The minimum absolute atomic E-state index is 0.464. The number of likely N-dealkylation sites (tertiary alicyclic amines) is 1. The van der Waals surface area contributed by atoms with Crippen molar-refractivity contribution in [3.8, 4) is 0 Å². The van der Waals surface area contributed by atoms with E-state index >= 15 is 0 Å². The lowest BCUT2D eigenvalue weighted by Crippen LogP contribution is -2.23. The van der Waals surface area contributed by atoms with Crippen LogP contribution in [0.4, 0.5) is 0 Å². The summed E-state index contributed by atoms with van der Waals surface area (Å²) < 4.78 is 0. The summed E-state index contributed by atoms with van der Waals surface area (Å²) in [4.78, 5) is 11.1. The first-order valence-electron chi connectivity index (χ1n) is 4.92. The maximum Gasteiger partial charge on any atom is 0.145 e. The third-order valence-electron chi connectivity index (χ3n) is 2.65. The van der Waals surface area contributed by atoms with Crippen molar-refractivity contribution >= 4 is 0 Å². The number of aromatic nitrogens is 2. The number of hydrogen-bond acceptors (Lipinski definition) is 3. The van der Waals surface area contributed by atoms with Crippen LogP contribution in [0, 0.1) is 0 Å². The molecular formula is C10H15N3. The van der Waals surface area contributed by atoms with Crippen LogP contribution in [0.5, 0.6) is 0 Å². The van der Waals surface area contributed by atoms with Gasteiger partial charge in [-0.15, -0.1) is 0 Å². The van der Waals surface area contributed by atoms with Gasteiger partial charge in [0.05, 0.1) is 6.04 Å². The summed E-state index contributed by atoms with van der Waals surface area (Å²) in [5.41, 5.74) is 0. The molecule has 0 aliphatic carbocycles.